The number of nitrogens with one attached hydrogen (secondary N) is 1. The second-order valence-electron chi connectivity index (χ2n) is 6.77. The Labute approximate surface area is 146 Å². The van der Waals surface area contributed by atoms with E-state index in [4.69, 9.17) is 10.7 Å². The molecule has 0 atom stereocenters. The smallest absolute Gasteiger partial charge is 0.137 e. The third kappa shape index (κ3) is 3.71. The van der Waals surface area contributed by atoms with E-state index in [2.05, 4.69) is 41.4 Å². The summed E-state index contributed by atoms with van der Waals surface area (Å²) in [4.78, 5) is 13.9. The topological polar surface area (TPSA) is 76.7 Å². The van der Waals surface area contributed by atoms with Gasteiger partial charge in [0.2, 0.25) is 0 Å². The number of anilines is 1. The molecule has 1 aromatic carbocycles. The molecule has 0 saturated carbocycles. The Morgan fingerprint density at radius 2 is 1.92 bits per heavy atom. The lowest BCUT2D eigenvalue weighted by Crippen LogP contribution is -2.12. The fourth-order valence-corrected chi connectivity index (χ4v) is 3.36. The van der Waals surface area contributed by atoms with Gasteiger partial charge in [0.1, 0.15) is 16.6 Å². The summed E-state index contributed by atoms with van der Waals surface area (Å²) in [5.41, 5.74) is 7.79. The summed E-state index contributed by atoms with van der Waals surface area (Å²) in [7, 11) is 0. The summed E-state index contributed by atoms with van der Waals surface area (Å²) < 4.78 is 0. The van der Waals surface area contributed by atoms with Crippen LogP contribution in [0.4, 0.5) is 5.82 Å². The van der Waals surface area contributed by atoms with Crippen molar-refractivity contribution in [3.05, 3.63) is 46.2 Å². The van der Waals surface area contributed by atoms with Gasteiger partial charge in [0.05, 0.1) is 17.8 Å². The molecule has 3 aromatic rings. The molecule has 0 bridgehead atoms. The number of fused-ring (bicyclic) bond motifs is 1. The first-order valence-corrected chi connectivity index (χ1v) is 9.00. The van der Waals surface area contributed by atoms with Crippen molar-refractivity contribution in [2.75, 3.05) is 11.9 Å². The van der Waals surface area contributed by atoms with Gasteiger partial charge in [0.25, 0.3) is 0 Å². The second kappa shape index (κ2) is 6.83. The molecule has 5 nitrogen and oxygen atoms in total. The Bertz CT molecular complexity index is 835. The van der Waals surface area contributed by atoms with Crippen LogP contribution in [0.15, 0.2) is 29.6 Å². The number of benzene rings is 1. The van der Waals surface area contributed by atoms with Crippen molar-refractivity contribution in [2.45, 2.75) is 39.2 Å². The predicted octanol–water partition coefficient (Wildman–Crippen LogP) is 3.50. The second-order valence-corrected chi connectivity index (χ2v) is 7.72. The number of hydrogen-bond donors (Lipinski definition) is 2. The Morgan fingerprint density at radius 3 is 2.62 bits per heavy atom. The molecular weight excluding hydrogens is 318 g/mol. The van der Waals surface area contributed by atoms with Crippen molar-refractivity contribution in [1.29, 1.82) is 0 Å². The molecule has 6 heteroatoms. The van der Waals surface area contributed by atoms with Gasteiger partial charge in [-0.1, -0.05) is 32.9 Å². The van der Waals surface area contributed by atoms with Crippen LogP contribution in [0.5, 0.6) is 0 Å². The van der Waals surface area contributed by atoms with Gasteiger partial charge in [-0.15, -0.1) is 11.3 Å². The van der Waals surface area contributed by atoms with E-state index in [0.717, 1.165) is 33.2 Å². The molecule has 0 spiro atoms. The van der Waals surface area contributed by atoms with E-state index in [1.54, 1.807) is 11.3 Å². The monoisotopic (exact) mass is 341 g/mol. The fourth-order valence-electron chi connectivity index (χ4n) is 2.40. The average Bonchev–Trinajstić information content (AvgIpc) is 3.02. The average molecular weight is 341 g/mol. The van der Waals surface area contributed by atoms with Crippen LogP contribution in [-0.2, 0) is 18.4 Å². The molecule has 0 radical (unpaired) electrons. The van der Waals surface area contributed by atoms with Crippen molar-refractivity contribution in [3.8, 4) is 0 Å². The number of nitrogens with two attached hydrogens (primary N) is 1. The first-order chi connectivity index (χ1) is 11.5. The highest BCUT2D eigenvalue weighted by Crippen LogP contribution is 2.25. The summed E-state index contributed by atoms with van der Waals surface area (Å²) in [5.74, 6) is 1.62. The lowest BCUT2D eigenvalue weighted by molar-refractivity contribution is 0.571. The number of nitrogens with zero attached hydrogens (tertiary/aromatic N) is 3. The van der Waals surface area contributed by atoms with Gasteiger partial charge in [-0.3, -0.25) is 0 Å². The van der Waals surface area contributed by atoms with Crippen molar-refractivity contribution in [2.24, 2.45) is 5.73 Å². The van der Waals surface area contributed by atoms with Gasteiger partial charge in [-0.05, 0) is 18.7 Å². The molecule has 0 aliphatic carbocycles. The van der Waals surface area contributed by atoms with E-state index < -0.39 is 0 Å². The van der Waals surface area contributed by atoms with E-state index in [-0.39, 0.29) is 5.41 Å². The van der Waals surface area contributed by atoms with Crippen molar-refractivity contribution >= 4 is 28.1 Å². The fraction of sp³-hybridized carbons (Fsp3) is 0.389. The van der Waals surface area contributed by atoms with E-state index in [1.165, 1.54) is 0 Å². The van der Waals surface area contributed by atoms with E-state index in [9.17, 15) is 0 Å². The van der Waals surface area contributed by atoms with Crippen LogP contribution in [0.25, 0.3) is 10.9 Å². The number of aromatic nitrogens is 3. The maximum Gasteiger partial charge on any atom is 0.137 e. The number of para-hydroxylation sites is 1. The summed E-state index contributed by atoms with van der Waals surface area (Å²) >= 11 is 1.68. The Morgan fingerprint density at radius 1 is 1.12 bits per heavy atom. The van der Waals surface area contributed by atoms with E-state index in [0.29, 0.717) is 19.5 Å². The Kier molecular flexibility index (Phi) is 4.78. The van der Waals surface area contributed by atoms with Crippen molar-refractivity contribution < 1.29 is 0 Å². The lowest BCUT2D eigenvalue weighted by Gasteiger charge is -2.14. The summed E-state index contributed by atoms with van der Waals surface area (Å²) in [6.45, 7) is 7.73. The summed E-state index contributed by atoms with van der Waals surface area (Å²) in [6.07, 6.45) is 0.672. The molecule has 0 aliphatic heterocycles. The van der Waals surface area contributed by atoms with Crippen LogP contribution in [0, 0.1) is 0 Å². The van der Waals surface area contributed by atoms with Gasteiger partial charge in [-0.2, -0.15) is 0 Å². The summed E-state index contributed by atoms with van der Waals surface area (Å²) in [5, 5.41) is 7.64. The first kappa shape index (κ1) is 16.8. The molecule has 0 saturated heterocycles. The van der Waals surface area contributed by atoms with E-state index >= 15 is 0 Å². The minimum atomic E-state index is 0.0741. The first-order valence-electron chi connectivity index (χ1n) is 8.12. The lowest BCUT2D eigenvalue weighted by atomic mass is 9.93. The highest BCUT2D eigenvalue weighted by atomic mass is 32.1. The van der Waals surface area contributed by atoms with Crippen LogP contribution >= 0.6 is 11.3 Å². The summed E-state index contributed by atoms with van der Waals surface area (Å²) in [6, 6.07) is 8.03. The normalized spacial score (nSPS) is 11.8. The molecule has 0 amide bonds. The van der Waals surface area contributed by atoms with Crippen molar-refractivity contribution in [3.63, 3.8) is 0 Å². The molecule has 126 valence electrons. The molecule has 3 rings (SSSR count). The maximum atomic E-state index is 5.65. The van der Waals surface area contributed by atoms with Gasteiger partial charge in [0.15, 0.2) is 0 Å². The Balaban J connectivity index is 1.85. The molecule has 0 fully saturated rings. The SMILES string of the molecule is CC(C)(C)c1csc(CNc2nc(CCN)nc3ccccc23)n1. The minimum Gasteiger partial charge on any atom is -0.363 e. The number of rotatable bonds is 5. The Hall–Kier alpha value is -2.05. The molecule has 0 aliphatic rings. The van der Waals surface area contributed by atoms with Crippen LogP contribution in [0.1, 0.15) is 37.3 Å². The number of hydrogen-bond acceptors (Lipinski definition) is 6. The molecule has 2 aromatic heterocycles. The minimum absolute atomic E-state index is 0.0741. The third-order valence-electron chi connectivity index (χ3n) is 3.74. The molecular formula is C18H23N5S. The molecule has 3 N–H and O–H groups in total. The van der Waals surface area contributed by atoms with E-state index in [1.807, 2.05) is 24.3 Å². The standard InChI is InChI=1S/C18H23N5S/c1-18(2,3)14-11-24-16(22-14)10-20-17-12-6-4-5-7-13(12)21-15(23-17)8-9-19/h4-7,11H,8-10,19H2,1-3H3,(H,20,21,23). The van der Waals surface area contributed by atoms with Crippen LogP contribution in [-0.4, -0.2) is 21.5 Å². The van der Waals surface area contributed by atoms with Gasteiger partial charge in [0, 0.05) is 22.6 Å². The molecule has 24 heavy (non-hydrogen) atoms. The third-order valence-corrected chi connectivity index (χ3v) is 4.59. The zero-order valence-corrected chi connectivity index (χ0v) is 15.2. The highest BCUT2D eigenvalue weighted by molar-refractivity contribution is 7.09. The van der Waals surface area contributed by atoms with Gasteiger partial charge in [-0.25, -0.2) is 15.0 Å². The predicted molar refractivity (Wildman–Crippen MR) is 100 cm³/mol. The van der Waals surface area contributed by atoms with Crippen LogP contribution in [0.3, 0.4) is 0 Å². The highest BCUT2D eigenvalue weighted by Gasteiger charge is 2.17. The van der Waals surface area contributed by atoms with Gasteiger partial charge >= 0.3 is 0 Å². The largest absolute Gasteiger partial charge is 0.363 e. The van der Waals surface area contributed by atoms with Gasteiger partial charge < -0.3 is 11.1 Å². The number of thiazole rings is 1. The zero-order valence-electron chi connectivity index (χ0n) is 14.3. The molecule has 2 heterocycles. The van der Waals surface area contributed by atoms with Crippen LogP contribution in [0.2, 0.25) is 0 Å². The molecule has 0 unspecified atom stereocenters. The zero-order chi connectivity index (χ0) is 17.2. The maximum absolute atomic E-state index is 5.65. The van der Waals surface area contributed by atoms with Crippen LogP contribution < -0.4 is 11.1 Å². The van der Waals surface area contributed by atoms with Crippen molar-refractivity contribution in [1.82, 2.24) is 15.0 Å². The quantitative estimate of drug-likeness (QED) is 0.743.